The van der Waals surface area contributed by atoms with Gasteiger partial charge in [0.05, 0.1) is 12.2 Å². The third kappa shape index (κ3) is 4.71. The van der Waals surface area contributed by atoms with Gasteiger partial charge in [0.25, 0.3) is 11.8 Å². The van der Waals surface area contributed by atoms with Crippen molar-refractivity contribution in [3.05, 3.63) is 143 Å². The van der Waals surface area contributed by atoms with Crippen LogP contribution in [-0.2, 0) is 4.79 Å². The molecule has 5 aromatic rings. The minimum Gasteiger partial charge on any atom is -0.351 e. The second kappa shape index (κ2) is 10.5. The van der Waals surface area contributed by atoms with Gasteiger partial charge in [-0.2, -0.15) is 0 Å². The van der Waals surface area contributed by atoms with Crippen LogP contribution in [0, 0.1) is 6.92 Å². The van der Waals surface area contributed by atoms with Crippen molar-refractivity contribution in [3.8, 4) is 0 Å². The average molecular weight is 526 g/mol. The first kappa shape index (κ1) is 25.1. The molecule has 2 N–H and O–H groups in total. The van der Waals surface area contributed by atoms with Gasteiger partial charge in [-0.1, -0.05) is 91.0 Å². The summed E-state index contributed by atoms with van der Waals surface area (Å²) < 4.78 is 0. The number of para-hydroxylation sites is 2. The number of hydrogen-bond acceptors (Lipinski definition) is 3. The SMILES string of the molecule is Cc1ccccc1C(=O)CN1C(=O)C(NC(=O)c2cc3ccccc3[nH]2)C=C(c2ccccc2)c2ccccc21. The highest BCUT2D eigenvalue weighted by Crippen LogP contribution is 2.35. The Morgan fingerprint density at radius 2 is 1.55 bits per heavy atom. The molecule has 1 atom stereocenters. The van der Waals surface area contributed by atoms with Crippen LogP contribution in [0.4, 0.5) is 5.69 Å². The maximum absolute atomic E-state index is 14.2. The lowest BCUT2D eigenvalue weighted by Crippen LogP contribution is -2.49. The molecular weight excluding hydrogens is 498 g/mol. The highest BCUT2D eigenvalue weighted by atomic mass is 16.2. The summed E-state index contributed by atoms with van der Waals surface area (Å²) in [4.78, 5) is 45.7. The van der Waals surface area contributed by atoms with Gasteiger partial charge in [0.15, 0.2) is 5.78 Å². The molecule has 0 saturated carbocycles. The molecule has 6 heteroatoms. The van der Waals surface area contributed by atoms with Gasteiger partial charge in [0.1, 0.15) is 11.7 Å². The van der Waals surface area contributed by atoms with Crippen LogP contribution in [0.25, 0.3) is 16.5 Å². The Bertz CT molecular complexity index is 1750. The summed E-state index contributed by atoms with van der Waals surface area (Å²) in [5, 5.41) is 3.83. The van der Waals surface area contributed by atoms with Gasteiger partial charge < -0.3 is 15.2 Å². The zero-order chi connectivity index (χ0) is 27.6. The molecule has 0 bridgehead atoms. The fourth-order valence-electron chi connectivity index (χ4n) is 5.22. The van der Waals surface area contributed by atoms with Gasteiger partial charge in [-0.05, 0) is 47.9 Å². The number of carbonyl (C=O) groups is 3. The number of nitrogens with one attached hydrogen (secondary N) is 2. The van der Waals surface area contributed by atoms with Gasteiger partial charge in [-0.15, -0.1) is 0 Å². The number of fused-ring (bicyclic) bond motifs is 2. The number of carbonyl (C=O) groups excluding carboxylic acids is 3. The molecule has 2 heterocycles. The van der Waals surface area contributed by atoms with E-state index in [0.29, 0.717) is 16.9 Å². The lowest BCUT2D eigenvalue weighted by atomic mass is 9.95. The molecule has 1 aromatic heterocycles. The Balaban J connectivity index is 1.43. The van der Waals surface area contributed by atoms with Crippen molar-refractivity contribution in [2.24, 2.45) is 0 Å². The predicted octanol–water partition coefficient (Wildman–Crippen LogP) is 5.94. The van der Waals surface area contributed by atoms with Crippen molar-refractivity contribution in [2.45, 2.75) is 13.0 Å². The summed E-state index contributed by atoms with van der Waals surface area (Å²) in [6.07, 6.45) is 1.79. The van der Waals surface area contributed by atoms with E-state index < -0.39 is 11.9 Å². The minimum absolute atomic E-state index is 0.157. The van der Waals surface area contributed by atoms with E-state index in [1.165, 1.54) is 4.90 Å². The lowest BCUT2D eigenvalue weighted by molar-refractivity contribution is -0.119. The number of aryl methyl sites for hydroxylation is 1. The third-order valence-corrected chi connectivity index (χ3v) is 7.24. The quantitative estimate of drug-likeness (QED) is 0.269. The Morgan fingerprint density at radius 1 is 0.850 bits per heavy atom. The van der Waals surface area contributed by atoms with Crippen LogP contribution >= 0.6 is 0 Å². The molecule has 0 fully saturated rings. The van der Waals surface area contributed by atoms with E-state index in [4.69, 9.17) is 0 Å². The number of nitrogens with zero attached hydrogens (tertiary/aromatic N) is 1. The van der Waals surface area contributed by atoms with Gasteiger partial charge in [0.2, 0.25) is 0 Å². The molecule has 1 aliphatic heterocycles. The van der Waals surface area contributed by atoms with Crippen LogP contribution in [0.3, 0.4) is 0 Å². The molecule has 0 saturated heterocycles. The van der Waals surface area contributed by atoms with Crippen molar-refractivity contribution in [1.82, 2.24) is 10.3 Å². The van der Waals surface area contributed by atoms with Crippen molar-refractivity contribution in [1.29, 1.82) is 0 Å². The Labute approximate surface area is 232 Å². The molecule has 4 aromatic carbocycles. The van der Waals surface area contributed by atoms with Crippen molar-refractivity contribution < 1.29 is 14.4 Å². The molecule has 1 unspecified atom stereocenters. The molecule has 6 nitrogen and oxygen atoms in total. The molecule has 0 radical (unpaired) electrons. The Hall–Kier alpha value is -5.23. The van der Waals surface area contributed by atoms with Gasteiger partial charge in [-0.25, -0.2) is 0 Å². The number of H-pyrrole nitrogens is 1. The summed E-state index contributed by atoms with van der Waals surface area (Å²) in [5.41, 5.74) is 5.72. The maximum Gasteiger partial charge on any atom is 0.268 e. The Morgan fingerprint density at radius 3 is 2.35 bits per heavy atom. The third-order valence-electron chi connectivity index (χ3n) is 7.24. The van der Waals surface area contributed by atoms with Crippen LogP contribution in [0.5, 0.6) is 0 Å². The lowest BCUT2D eigenvalue weighted by Gasteiger charge is -2.26. The average Bonchev–Trinajstić information content (AvgIpc) is 3.39. The van der Waals surface area contributed by atoms with E-state index in [2.05, 4.69) is 10.3 Å². The van der Waals surface area contributed by atoms with E-state index in [1.54, 1.807) is 18.2 Å². The molecule has 196 valence electrons. The number of amides is 2. The number of benzene rings is 4. The molecule has 6 rings (SSSR count). The minimum atomic E-state index is -1.01. The first-order chi connectivity index (χ1) is 19.5. The Kier molecular flexibility index (Phi) is 6.58. The molecule has 0 spiro atoms. The summed E-state index contributed by atoms with van der Waals surface area (Å²) in [6.45, 7) is 1.72. The molecule has 1 aliphatic rings. The number of anilines is 1. The van der Waals surface area contributed by atoms with Crippen molar-refractivity contribution >= 4 is 39.8 Å². The number of aromatic nitrogens is 1. The zero-order valence-corrected chi connectivity index (χ0v) is 21.9. The molecule has 40 heavy (non-hydrogen) atoms. The van der Waals surface area contributed by atoms with Crippen LogP contribution in [0.2, 0.25) is 0 Å². The predicted molar refractivity (Wildman–Crippen MR) is 157 cm³/mol. The fourth-order valence-corrected chi connectivity index (χ4v) is 5.22. The van der Waals surface area contributed by atoms with E-state index in [-0.39, 0.29) is 18.2 Å². The van der Waals surface area contributed by atoms with E-state index in [1.807, 2.05) is 104 Å². The number of ketones is 1. The molecule has 2 amide bonds. The summed E-state index contributed by atoms with van der Waals surface area (Å²) in [7, 11) is 0. The van der Waals surface area contributed by atoms with E-state index >= 15 is 0 Å². The number of rotatable bonds is 6. The monoisotopic (exact) mass is 525 g/mol. The number of Topliss-reactive ketones (excluding diaryl/α,β-unsaturated/α-hetero) is 1. The largest absolute Gasteiger partial charge is 0.351 e. The van der Waals surface area contributed by atoms with Crippen LogP contribution < -0.4 is 10.2 Å². The van der Waals surface area contributed by atoms with Crippen molar-refractivity contribution in [3.63, 3.8) is 0 Å². The smallest absolute Gasteiger partial charge is 0.268 e. The highest BCUT2D eigenvalue weighted by molar-refractivity contribution is 6.13. The molecular formula is C34H27N3O3. The van der Waals surface area contributed by atoms with Gasteiger partial charge in [0, 0.05) is 22.0 Å². The maximum atomic E-state index is 14.2. The van der Waals surface area contributed by atoms with Crippen LogP contribution in [-0.4, -0.2) is 35.2 Å². The summed E-state index contributed by atoms with van der Waals surface area (Å²) >= 11 is 0. The van der Waals surface area contributed by atoms with E-state index in [0.717, 1.165) is 33.2 Å². The van der Waals surface area contributed by atoms with E-state index in [9.17, 15) is 14.4 Å². The van der Waals surface area contributed by atoms with Crippen LogP contribution in [0.15, 0.2) is 115 Å². The second-order valence-corrected chi connectivity index (χ2v) is 9.85. The normalized spacial score (nSPS) is 14.8. The number of hydrogen-bond donors (Lipinski definition) is 2. The summed E-state index contributed by atoms with van der Waals surface area (Å²) in [5.74, 6) is -0.968. The molecule has 0 aliphatic carbocycles. The number of aromatic amines is 1. The van der Waals surface area contributed by atoms with Crippen molar-refractivity contribution in [2.75, 3.05) is 11.4 Å². The first-order valence-electron chi connectivity index (χ1n) is 13.1. The highest BCUT2D eigenvalue weighted by Gasteiger charge is 2.33. The zero-order valence-electron chi connectivity index (χ0n) is 21.9. The fraction of sp³-hybridized carbons (Fsp3) is 0.0882. The first-order valence-corrected chi connectivity index (χ1v) is 13.1. The summed E-state index contributed by atoms with van der Waals surface area (Å²) in [6, 6.07) is 33.0. The van der Waals surface area contributed by atoms with Gasteiger partial charge in [-0.3, -0.25) is 14.4 Å². The van der Waals surface area contributed by atoms with Crippen LogP contribution in [0.1, 0.15) is 37.5 Å². The second-order valence-electron chi connectivity index (χ2n) is 9.85. The topological polar surface area (TPSA) is 82.3 Å². The standard InChI is InChI=1S/C34H27N3O3/c1-22-11-5-7-15-25(22)32(38)21-37-31-18-10-8-16-26(31)27(23-12-3-2-4-13-23)20-30(34(37)40)36-33(39)29-19-24-14-6-9-17-28(24)35-29/h2-20,30,35H,21H2,1H3,(H,36,39). The van der Waals surface area contributed by atoms with Gasteiger partial charge >= 0.3 is 0 Å².